The summed E-state index contributed by atoms with van der Waals surface area (Å²) in [5.74, 6) is 1.96. The lowest BCUT2D eigenvalue weighted by molar-refractivity contribution is -0.00535. The fourth-order valence-electron chi connectivity index (χ4n) is 4.10. The molecule has 0 aromatic heterocycles. The van der Waals surface area contributed by atoms with Crippen molar-refractivity contribution in [3.63, 3.8) is 0 Å². The highest BCUT2D eigenvalue weighted by atomic mass is 16.5. The van der Waals surface area contributed by atoms with E-state index in [2.05, 4.69) is 39.1 Å². The van der Waals surface area contributed by atoms with Gasteiger partial charge in [0.2, 0.25) is 0 Å². The van der Waals surface area contributed by atoms with E-state index in [-0.39, 0.29) is 5.54 Å². The van der Waals surface area contributed by atoms with Crippen molar-refractivity contribution in [1.82, 2.24) is 20.0 Å². The molecule has 0 spiro atoms. The van der Waals surface area contributed by atoms with Gasteiger partial charge < -0.3 is 24.6 Å². The van der Waals surface area contributed by atoms with E-state index in [0.29, 0.717) is 0 Å². The molecule has 1 N–H and O–H groups in total. The SMILES string of the molecule is CN=C(NCC1(N(C)C)CCOCC1)N1CCN(CCOc2ccccc2)CC1. The number of ether oxygens (including phenoxy) is 2. The molecule has 0 atom stereocenters. The molecule has 162 valence electrons. The van der Waals surface area contributed by atoms with Crippen molar-refractivity contribution in [2.75, 3.05) is 80.2 Å². The smallest absolute Gasteiger partial charge is 0.193 e. The molecule has 2 aliphatic rings. The van der Waals surface area contributed by atoms with Crippen LogP contribution in [0.5, 0.6) is 5.75 Å². The van der Waals surface area contributed by atoms with Crippen molar-refractivity contribution in [2.24, 2.45) is 4.99 Å². The number of rotatable bonds is 7. The molecular formula is C22H37N5O2. The van der Waals surface area contributed by atoms with E-state index in [0.717, 1.165) is 83.6 Å². The van der Waals surface area contributed by atoms with Crippen LogP contribution in [0.15, 0.2) is 35.3 Å². The lowest BCUT2D eigenvalue weighted by Gasteiger charge is -2.44. The minimum Gasteiger partial charge on any atom is -0.492 e. The summed E-state index contributed by atoms with van der Waals surface area (Å²) in [4.78, 5) is 11.7. The van der Waals surface area contributed by atoms with Gasteiger partial charge in [-0.1, -0.05) is 18.2 Å². The highest BCUT2D eigenvalue weighted by Gasteiger charge is 2.35. The molecule has 0 unspecified atom stereocenters. The summed E-state index contributed by atoms with van der Waals surface area (Å²) >= 11 is 0. The predicted octanol–water partition coefficient (Wildman–Crippen LogP) is 1.37. The molecule has 3 rings (SSSR count). The summed E-state index contributed by atoms with van der Waals surface area (Å²) < 4.78 is 11.4. The van der Waals surface area contributed by atoms with E-state index in [4.69, 9.17) is 9.47 Å². The molecule has 0 amide bonds. The Bertz CT molecular complexity index is 623. The molecule has 7 nitrogen and oxygen atoms in total. The Hall–Kier alpha value is -1.83. The van der Waals surface area contributed by atoms with Crippen molar-refractivity contribution in [3.05, 3.63) is 30.3 Å². The molecule has 0 bridgehead atoms. The summed E-state index contributed by atoms with van der Waals surface area (Å²) in [6.45, 7) is 8.30. The standard InChI is InChI=1S/C22H37N5O2/c1-23-21(24-19-22(25(2)3)9-16-28-17-10-22)27-13-11-26(12-14-27)15-18-29-20-7-5-4-6-8-20/h4-8H,9-19H2,1-3H3,(H,23,24). The van der Waals surface area contributed by atoms with Crippen molar-refractivity contribution in [2.45, 2.75) is 18.4 Å². The Labute approximate surface area is 175 Å². The van der Waals surface area contributed by atoms with Crippen LogP contribution in [0.25, 0.3) is 0 Å². The number of para-hydroxylation sites is 1. The molecule has 2 heterocycles. The van der Waals surface area contributed by atoms with Crippen molar-refractivity contribution in [3.8, 4) is 5.75 Å². The van der Waals surface area contributed by atoms with Crippen LogP contribution < -0.4 is 10.1 Å². The quantitative estimate of drug-likeness (QED) is 0.548. The molecular weight excluding hydrogens is 366 g/mol. The molecule has 2 fully saturated rings. The van der Waals surface area contributed by atoms with Gasteiger partial charge >= 0.3 is 0 Å². The summed E-state index contributed by atoms with van der Waals surface area (Å²) in [6.07, 6.45) is 2.11. The second kappa shape index (κ2) is 10.8. The lowest BCUT2D eigenvalue weighted by Crippen LogP contribution is -2.59. The molecule has 2 saturated heterocycles. The van der Waals surface area contributed by atoms with E-state index in [1.165, 1.54) is 0 Å². The maximum atomic E-state index is 5.84. The Morgan fingerprint density at radius 1 is 1.14 bits per heavy atom. The third-order valence-electron chi connectivity index (χ3n) is 6.25. The third-order valence-corrected chi connectivity index (χ3v) is 6.25. The summed E-state index contributed by atoms with van der Waals surface area (Å²) in [7, 11) is 6.23. The summed E-state index contributed by atoms with van der Waals surface area (Å²) in [5, 5.41) is 3.65. The summed E-state index contributed by atoms with van der Waals surface area (Å²) in [5.41, 5.74) is 0.144. The van der Waals surface area contributed by atoms with Gasteiger partial charge in [0.15, 0.2) is 5.96 Å². The van der Waals surface area contributed by atoms with Gasteiger partial charge in [-0.3, -0.25) is 9.89 Å². The first kappa shape index (κ1) is 21.9. The highest BCUT2D eigenvalue weighted by Crippen LogP contribution is 2.25. The number of piperazine rings is 1. The largest absolute Gasteiger partial charge is 0.492 e. The number of guanidine groups is 1. The van der Waals surface area contributed by atoms with Crippen LogP contribution in [0.3, 0.4) is 0 Å². The molecule has 1 aromatic carbocycles. The maximum Gasteiger partial charge on any atom is 0.193 e. The number of aliphatic imine (C=N–C) groups is 1. The van der Waals surface area contributed by atoms with Gasteiger partial charge in [0, 0.05) is 65.1 Å². The number of nitrogens with one attached hydrogen (secondary N) is 1. The zero-order valence-electron chi connectivity index (χ0n) is 18.3. The Morgan fingerprint density at radius 2 is 1.83 bits per heavy atom. The number of hydrogen-bond acceptors (Lipinski definition) is 5. The van der Waals surface area contributed by atoms with Crippen LogP contribution in [0.1, 0.15) is 12.8 Å². The Balaban J connectivity index is 1.41. The molecule has 0 saturated carbocycles. The average Bonchev–Trinajstić information content (AvgIpc) is 2.76. The molecule has 2 aliphatic heterocycles. The van der Waals surface area contributed by atoms with Gasteiger partial charge in [0.25, 0.3) is 0 Å². The Morgan fingerprint density at radius 3 is 2.45 bits per heavy atom. The van der Waals surface area contributed by atoms with E-state index < -0.39 is 0 Å². The van der Waals surface area contributed by atoms with E-state index in [1.54, 1.807) is 0 Å². The minimum atomic E-state index is 0.144. The third kappa shape index (κ3) is 6.07. The first-order valence-electron chi connectivity index (χ1n) is 10.7. The zero-order chi connectivity index (χ0) is 20.5. The topological polar surface area (TPSA) is 52.6 Å². The van der Waals surface area contributed by atoms with E-state index in [9.17, 15) is 0 Å². The van der Waals surface area contributed by atoms with Crippen LogP contribution in [-0.4, -0.2) is 106 Å². The molecule has 1 aromatic rings. The fourth-order valence-corrected chi connectivity index (χ4v) is 4.10. The van der Waals surface area contributed by atoms with Gasteiger partial charge in [-0.05, 0) is 39.1 Å². The van der Waals surface area contributed by atoms with Crippen LogP contribution in [0.2, 0.25) is 0 Å². The monoisotopic (exact) mass is 403 g/mol. The van der Waals surface area contributed by atoms with Crippen LogP contribution in [0.4, 0.5) is 0 Å². The fraction of sp³-hybridized carbons (Fsp3) is 0.682. The van der Waals surface area contributed by atoms with Gasteiger partial charge in [0.05, 0.1) is 0 Å². The van der Waals surface area contributed by atoms with E-state index in [1.807, 2.05) is 37.4 Å². The Kier molecular flexibility index (Phi) is 8.15. The van der Waals surface area contributed by atoms with Gasteiger partial charge in [-0.25, -0.2) is 0 Å². The first-order valence-corrected chi connectivity index (χ1v) is 10.7. The second-order valence-electron chi connectivity index (χ2n) is 8.12. The number of nitrogens with zero attached hydrogens (tertiary/aromatic N) is 4. The maximum absolute atomic E-state index is 5.84. The lowest BCUT2D eigenvalue weighted by atomic mass is 9.88. The van der Waals surface area contributed by atoms with Crippen LogP contribution >= 0.6 is 0 Å². The minimum absolute atomic E-state index is 0.144. The molecule has 0 radical (unpaired) electrons. The second-order valence-corrected chi connectivity index (χ2v) is 8.12. The van der Waals surface area contributed by atoms with E-state index >= 15 is 0 Å². The summed E-state index contributed by atoms with van der Waals surface area (Å²) in [6, 6.07) is 10.0. The molecule has 7 heteroatoms. The number of hydrogen-bond donors (Lipinski definition) is 1. The molecule has 0 aliphatic carbocycles. The van der Waals surface area contributed by atoms with Crippen LogP contribution in [-0.2, 0) is 4.74 Å². The van der Waals surface area contributed by atoms with Gasteiger partial charge in [-0.15, -0.1) is 0 Å². The average molecular weight is 404 g/mol. The van der Waals surface area contributed by atoms with Crippen molar-refractivity contribution >= 4 is 5.96 Å². The van der Waals surface area contributed by atoms with Crippen molar-refractivity contribution in [1.29, 1.82) is 0 Å². The van der Waals surface area contributed by atoms with Gasteiger partial charge in [0.1, 0.15) is 12.4 Å². The van der Waals surface area contributed by atoms with Crippen LogP contribution in [0, 0.1) is 0 Å². The van der Waals surface area contributed by atoms with Crippen molar-refractivity contribution < 1.29 is 9.47 Å². The predicted molar refractivity (Wildman–Crippen MR) is 118 cm³/mol. The van der Waals surface area contributed by atoms with Gasteiger partial charge in [-0.2, -0.15) is 0 Å². The number of benzene rings is 1. The first-order chi connectivity index (χ1) is 14.1. The highest BCUT2D eigenvalue weighted by molar-refractivity contribution is 5.80. The molecule has 29 heavy (non-hydrogen) atoms. The normalized spacial score (nSPS) is 20.7. The zero-order valence-corrected chi connectivity index (χ0v) is 18.3. The number of likely N-dealkylation sites (N-methyl/N-ethyl adjacent to an activating group) is 1.